The minimum absolute atomic E-state index is 0.152. The molecule has 0 atom stereocenters. The first kappa shape index (κ1) is 10.2. The van der Waals surface area contributed by atoms with Gasteiger partial charge in [-0.2, -0.15) is 0 Å². The first-order valence-electron chi connectivity index (χ1n) is 5.45. The van der Waals surface area contributed by atoms with E-state index in [1.807, 2.05) is 0 Å². The normalized spacial score (nSPS) is 30.1. The molecule has 2 nitrogen and oxygen atoms in total. The van der Waals surface area contributed by atoms with Crippen LogP contribution >= 0.6 is 0 Å². The van der Waals surface area contributed by atoms with Crippen LogP contribution < -0.4 is 0 Å². The van der Waals surface area contributed by atoms with Crippen LogP contribution in [-0.2, 0) is 9.31 Å². The fraction of sp³-hybridized carbons (Fsp3) is 0.818. The van der Waals surface area contributed by atoms with Gasteiger partial charge in [0.2, 0.25) is 0 Å². The molecule has 0 aromatic heterocycles. The van der Waals surface area contributed by atoms with Gasteiger partial charge in [0.25, 0.3) is 0 Å². The first-order chi connectivity index (χ1) is 6.41. The predicted octanol–water partition coefficient (Wildman–Crippen LogP) is 2.58. The predicted molar refractivity (Wildman–Crippen MR) is 57.9 cm³/mol. The van der Waals surface area contributed by atoms with E-state index in [9.17, 15) is 0 Å². The molecule has 0 N–H and O–H groups in total. The highest BCUT2D eigenvalue weighted by atomic mass is 16.7. The summed E-state index contributed by atoms with van der Waals surface area (Å²) in [5.41, 5.74) is -0.406. The van der Waals surface area contributed by atoms with Gasteiger partial charge < -0.3 is 9.31 Å². The van der Waals surface area contributed by atoms with Crippen molar-refractivity contribution in [2.24, 2.45) is 5.92 Å². The van der Waals surface area contributed by atoms with Crippen LogP contribution in [0.2, 0.25) is 0 Å². The Kier molecular flexibility index (Phi) is 2.28. The van der Waals surface area contributed by atoms with E-state index in [-0.39, 0.29) is 18.3 Å². The summed E-state index contributed by atoms with van der Waals surface area (Å²) in [5.74, 6) is 2.85. The lowest BCUT2D eigenvalue weighted by molar-refractivity contribution is 0.00578. The number of allylic oxidation sites excluding steroid dienone is 1. The van der Waals surface area contributed by atoms with Gasteiger partial charge in [0.15, 0.2) is 0 Å². The van der Waals surface area contributed by atoms with Gasteiger partial charge in [-0.25, -0.2) is 0 Å². The third-order valence-electron chi connectivity index (χ3n) is 3.43. The summed E-state index contributed by atoms with van der Waals surface area (Å²) >= 11 is 0. The minimum atomic E-state index is -0.203. The van der Waals surface area contributed by atoms with Crippen molar-refractivity contribution >= 4 is 7.12 Å². The molecular weight excluding hydrogens is 175 g/mol. The third-order valence-corrected chi connectivity index (χ3v) is 3.43. The van der Waals surface area contributed by atoms with Crippen molar-refractivity contribution in [1.29, 1.82) is 0 Å². The highest BCUT2D eigenvalue weighted by Crippen LogP contribution is 2.37. The molecule has 1 aliphatic carbocycles. The summed E-state index contributed by atoms with van der Waals surface area (Å²) in [7, 11) is -0.152. The highest BCUT2D eigenvalue weighted by Gasteiger charge is 2.50. The molecule has 1 saturated carbocycles. The van der Waals surface area contributed by atoms with Crippen LogP contribution in [0.5, 0.6) is 0 Å². The molecule has 1 aliphatic heterocycles. The van der Waals surface area contributed by atoms with Crippen LogP contribution in [0, 0.1) is 5.92 Å². The molecule has 78 valence electrons. The van der Waals surface area contributed by atoms with Crippen molar-refractivity contribution < 1.29 is 9.31 Å². The van der Waals surface area contributed by atoms with Crippen molar-refractivity contribution in [1.82, 2.24) is 0 Å². The van der Waals surface area contributed by atoms with E-state index in [1.54, 1.807) is 0 Å². The molecule has 14 heavy (non-hydrogen) atoms. The lowest BCUT2D eigenvalue weighted by Crippen LogP contribution is -2.41. The Morgan fingerprint density at radius 2 is 1.57 bits per heavy atom. The van der Waals surface area contributed by atoms with Gasteiger partial charge in [-0.3, -0.25) is 0 Å². The van der Waals surface area contributed by atoms with Crippen LogP contribution in [0.3, 0.4) is 0 Å². The monoisotopic (exact) mass is 194 g/mol. The largest absolute Gasteiger partial charge is 0.486 e. The first-order valence-corrected chi connectivity index (χ1v) is 5.45. The molecule has 1 saturated heterocycles. The van der Waals surface area contributed by atoms with Gasteiger partial charge >= 0.3 is 7.12 Å². The van der Waals surface area contributed by atoms with Crippen molar-refractivity contribution in [3.05, 3.63) is 12.1 Å². The van der Waals surface area contributed by atoms with E-state index in [4.69, 9.17) is 9.31 Å². The summed E-state index contributed by atoms with van der Waals surface area (Å²) in [6.07, 6.45) is 4.88. The Labute approximate surface area is 86.8 Å². The van der Waals surface area contributed by atoms with Gasteiger partial charge in [0, 0.05) is 0 Å². The van der Waals surface area contributed by atoms with Crippen molar-refractivity contribution in [3.63, 3.8) is 0 Å². The summed E-state index contributed by atoms with van der Waals surface area (Å²) in [6.45, 7) is 8.33. The molecule has 1 heterocycles. The molecular formula is C11H19BO2. The molecule has 0 aromatic carbocycles. The van der Waals surface area contributed by atoms with E-state index < -0.39 is 0 Å². The van der Waals surface area contributed by atoms with E-state index in [2.05, 4.69) is 39.7 Å². The molecule has 0 amide bonds. The van der Waals surface area contributed by atoms with Gasteiger partial charge in [0.1, 0.15) is 0 Å². The van der Waals surface area contributed by atoms with E-state index in [0.29, 0.717) is 0 Å². The second kappa shape index (κ2) is 3.11. The van der Waals surface area contributed by atoms with Crippen LogP contribution in [-0.4, -0.2) is 18.3 Å². The molecule has 0 spiro atoms. The SMILES string of the molecule is CC1(C)OB(/C=C\C2CC2)OC1(C)C. The molecule has 0 unspecified atom stereocenters. The van der Waals surface area contributed by atoms with Crippen molar-refractivity contribution in [3.8, 4) is 0 Å². The Hall–Kier alpha value is -0.275. The molecule has 0 aromatic rings. The van der Waals surface area contributed by atoms with E-state index in [0.717, 1.165) is 5.92 Å². The van der Waals surface area contributed by atoms with E-state index >= 15 is 0 Å². The van der Waals surface area contributed by atoms with E-state index in [1.165, 1.54) is 12.8 Å². The van der Waals surface area contributed by atoms with Crippen LogP contribution in [0.4, 0.5) is 0 Å². The maximum atomic E-state index is 5.83. The molecule has 3 heteroatoms. The standard InChI is InChI=1S/C11H19BO2/c1-10(2)11(3,4)14-12(13-10)8-7-9-5-6-9/h7-9H,5-6H2,1-4H3/b8-7-. The van der Waals surface area contributed by atoms with Gasteiger partial charge in [-0.15, -0.1) is 0 Å². The van der Waals surface area contributed by atoms with Gasteiger partial charge in [-0.05, 0) is 46.5 Å². The maximum Gasteiger partial charge on any atom is 0.486 e. The zero-order valence-corrected chi connectivity index (χ0v) is 9.54. The van der Waals surface area contributed by atoms with Crippen molar-refractivity contribution in [2.45, 2.75) is 51.7 Å². The average Bonchev–Trinajstić information content (AvgIpc) is 2.77. The Balaban J connectivity index is 1.98. The van der Waals surface area contributed by atoms with Gasteiger partial charge in [-0.1, -0.05) is 12.1 Å². The summed E-state index contributed by atoms with van der Waals surface area (Å²) in [5, 5.41) is 0. The zero-order valence-electron chi connectivity index (χ0n) is 9.54. The second-order valence-electron chi connectivity index (χ2n) is 5.35. The fourth-order valence-corrected chi connectivity index (χ4v) is 1.50. The van der Waals surface area contributed by atoms with Crippen molar-refractivity contribution in [2.75, 3.05) is 0 Å². The Morgan fingerprint density at radius 3 is 2.00 bits per heavy atom. The summed E-state index contributed by atoms with van der Waals surface area (Å²) < 4.78 is 11.7. The van der Waals surface area contributed by atoms with Crippen LogP contribution in [0.25, 0.3) is 0 Å². The number of rotatable bonds is 2. The Bertz CT molecular complexity index is 238. The lowest BCUT2D eigenvalue weighted by atomic mass is 9.89. The molecule has 0 radical (unpaired) electrons. The lowest BCUT2D eigenvalue weighted by Gasteiger charge is -2.32. The molecule has 0 bridgehead atoms. The number of hydrogen-bond acceptors (Lipinski definition) is 2. The smallest absolute Gasteiger partial charge is 0.400 e. The Morgan fingerprint density at radius 1 is 1.07 bits per heavy atom. The quantitative estimate of drug-likeness (QED) is 0.629. The van der Waals surface area contributed by atoms with Crippen LogP contribution in [0.1, 0.15) is 40.5 Å². The molecule has 2 aliphatic rings. The summed E-state index contributed by atoms with van der Waals surface area (Å²) in [4.78, 5) is 0. The average molecular weight is 194 g/mol. The van der Waals surface area contributed by atoms with Crippen LogP contribution in [0.15, 0.2) is 12.1 Å². The summed E-state index contributed by atoms with van der Waals surface area (Å²) in [6, 6.07) is 0. The number of hydrogen-bond donors (Lipinski definition) is 0. The highest BCUT2D eigenvalue weighted by molar-refractivity contribution is 6.51. The third kappa shape index (κ3) is 1.89. The molecule has 2 fully saturated rings. The maximum absolute atomic E-state index is 5.83. The fourth-order valence-electron chi connectivity index (χ4n) is 1.50. The van der Waals surface area contributed by atoms with Gasteiger partial charge in [0.05, 0.1) is 11.2 Å². The second-order valence-corrected chi connectivity index (χ2v) is 5.35. The minimum Gasteiger partial charge on any atom is -0.400 e. The zero-order chi connectivity index (χ0) is 10.4. The molecule has 2 rings (SSSR count). The topological polar surface area (TPSA) is 18.5 Å².